The molecule has 4 unspecified atom stereocenters. The molecule has 0 bridgehead atoms. The van der Waals surface area contributed by atoms with E-state index in [1.54, 1.807) is 0 Å². The van der Waals surface area contributed by atoms with Crippen molar-refractivity contribution in [1.82, 2.24) is 0 Å². The van der Waals surface area contributed by atoms with E-state index in [2.05, 4.69) is 62.3 Å². The number of hydrogen-bond acceptors (Lipinski definition) is 3. The topological polar surface area (TPSA) is 63.6 Å². The highest BCUT2D eigenvalue weighted by molar-refractivity contribution is 5.79. The van der Waals surface area contributed by atoms with E-state index in [-0.39, 0.29) is 35.6 Å². The highest BCUT2D eigenvalue weighted by Crippen LogP contribution is 2.41. The normalized spacial score (nSPS) is 17.8. The van der Waals surface area contributed by atoms with Crippen LogP contribution in [0.15, 0.2) is 0 Å². The van der Waals surface area contributed by atoms with E-state index < -0.39 is 17.5 Å². The van der Waals surface area contributed by atoms with Crippen LogP contribution in [-0.2, 0) is 14.3 Å². The number of esters is 1. The number of carboxylic acid groups (broad SMARTS) is 1. The zero-order valence-corrected chi connectivity index (χ0v) is 22.8. The van der Waals surface area contributed by atoms with E-state index in [0.29, 0.717) is 6.42 Å². The summed E-state index contributed by atoms with van der Waals surface area (Å²) in [5.74, 6) is -1.07. The Morgan fingerprint density at radius 2 is 1.41 bits per heavy atom. The number of carbonyl (C=O) groups excluding carboxylic acids is 1. The summed E-state index contributed by atoms with van der Waals surface area (Å²) >= 11 is 0. The molecule has 0 aliphatic carbocycles. The van der Waals surface area contributed by atoms with Crippen molar-refractivity contribution in [2.75, 3.05) is 0 Å². The molecule has 190 valence electrons. The first-order chi connectivity index (χ1) is 14.8. The van der Waals surface area contributed by atoms with Gasteiger partial charge in [0, 0.05) is 0 Å². The molecular formula is C28H54O4. The van der Waals surface area contributed by atoms with E-state index in [9.17, 15) is 14.7 Å². The summed E-state index contributed by atoms with van der Waals surface area (Å²) in [6, 6.07) is 0. The van der Waals surface area contributed by atoms with E-state index in [4.69, 9.17) is 4.74 Å². The second kappa shape index (κ2) is 15.0. The standard InChI is InChI=1S/C28H54O4/c1-10-13-14-15-16-17-28(22(5)11-2,23(6)12-3)32-26(31)24(19-25(29)30)18-21(4)20-27(7,8)9/h21-24H,10-20H2,1-9H3,(H,29,30). The molecule has 1 N–H and O–H groups in total. The first-order valence-corrected chi connectivity index (χ1v) is 13.3. The number of rotatable bonds is 17. The third-order valence-corrected chi connectivity index (χ3v) is 7.26. The molecule has 0 aromatic heterocycles. The van der Waals surface area contributed by atoms with Crippen LogP contribution in [-0.4, -0.2) is 22.6 Å². The van der Waals surface area contributed by atoms with Gasteiger partial charge in [-0.25, -0.2) is 0 Å². The van der Waals surface area contributed by atoms with Gasteiger partial charge in [0.05, 0.1) is 12.3 Å². The van der Waals surface area contributed by atoms with E-state index >= 15 is 0 Å². The SMILES string of the molecule is CCCCCCCC(OC(=O)C(CC(=O)O)CC(C)CC(C)(C)C)(C(C)CC)C(C)CC. The third-order valence-electron chi connectivity index (χ3n) is 7.26. The minimum Gasteiger partial charge on any atom is -0.481 e. The maximum absolute atomic E-state index is 13.5. The van der Waals surface area contributed by atoms with Crippen molar-refractivity contribution in [3.63, 3.8) is 0 Å². The Morgan fingerprint density at radius 1 is 0.875 bits per heavy atom. The third kappa shape index (κ3) is 11.2. The van der Waals surface area contributed by atoms with Gasteiger partial charge in [-0.2, -0.15) is 0 Å². The van der Waals surface area contributed by atoms with Gasteiger partial charge in [-0.3, -0.25) is 9.59 Å². The number of hydrogen-bond donors (Lipinski definition) is 1. The van der Waals surface area contributed by atoms with Crippen LogP contribution < -0.4 is 0 Å². The Morgan fingerprint density at radius 3 is 1.84 bits per heavy atom. The lowest BCUT2D eigenvalue weighted by Crippen LogP contribution is -2.48. The molecule has 0 heterocycles. The Bertz CT molecular complexity index is 524. The second-order valence-corrected chi connectivity index (χ2v) is 11.6. The van der Waals surface area contributed by atoms with Gasteiger partial charge in [0.25, 0.3) is 0 Å². The Kier molecular flexibility index (Phi) is 14.5. The van der Waals surface area contributed by atoms with Crippen LogP contribution in [0.5, 0.6) is 0 Å². The van der Waals surface area contributed by atoms with Crippen molar-refractivity contribution < 1.29 is 19.4 Å². The maximum Gasteiger partial charge on any atom is 0.310 e. The van der Waals surface area contributed by atoms with Crippen LogP contribution in [0, 0.1) is 29.1 Å². The van der Waals surface area contributed by atoms with Crippen LogP contribution >= 0.6 is 0 Å². The van der Waals surface area contributed by atoms with Crippen LogP contribution in [0.25, 0.3) is 0 Å². The number of carbonyl (C=O) groups is 2. The minimum atomic E-state index is -0.924. The van der Waals surface area contributed by atoms with Crippen molar-refractivity contribution in [2.24, 2.45) is 29.1 Å². The average Bonchev–Trinajstić information content (AvgIpc) is 2.69. The van der Waals surface area contributed by atoms with Gasteiger partial charge < -0.3 is 9.84 Å². The van der Waals surface area contributed by atoms with Crippen molar-refractivity contribution in [2.45, 2.75) is 139 Å². The van der Waals surface area contributed by atoms with Gasteiger partial charge >= 0.3 is 11.9 Å². The molecule has 0 spiro atoms. The zero-order chi connectivity index (χ0) is 24.9. The number of ether oxygens (including phenoxy) is 1. The van der Waals surface area contributed by atoms with Crippen LogP contribution in [0.3, 0.4) is 0 Å². The molecule has 4 nitrogen and oxygen atoms in total. The fourth-order valence-corrected chi connectivity index (χ4v) is 5.29. The molecular weight excluding hydrogens is 400 g/mol. The van der Waals surface area contributed by atoms with Gasteiger partial charge in [-0.05, 0) is 61.7 Å². The minimum absolute atomic E-state index is 0.146. The van der Waals surface area contributed by atoms with Crippen LogP contribution in [0.1, 0.15) is 133 Å². The lowest BCUT2D eigenvalue weighted by molar-refractivity contribution is -0.183. The average molecular weight is 455 g/mol. The highest BCUT2D eigenvalue weighted by atomic mass is 16.6. The lowest BCUT2D eigenvalue weighted by atomic mass is 9.72. The summed E-state index contributed by atoms with van der Waals surface area (Å²) in [4.78, 5) is 25.1. The Balaban J connectivity index is 5.69. The first kappa shape index (κ1) is 30.9. The molecule has 0 aliphatic heterocycles. The van der Waals surface area contributed by atoms with Crippen LogP contribution in [0.4, 0.5) is 0 Å². The zero-order valence-electron chi connectivity index (χ0n) is 22.8. The summed E-state index contributed by atoms with van der Waals surface area (Å²) in [5.41, 5.74) is -0.371. The Labute approximate surface area is 199 Å². The highest BCUT2D eigenvalue weighted by Gasteiger charge is 2.44. The number of aliphatic carboxylic acids is 1. The molecule has 4 atom stereocenters. The molecule has 0 aromatic rings. The van der Waals surface area contributed by atoms with Crippen molar-refractivity contribution in [3.8, 4) is 0 Å². The van der Waals surface area contributed by atoms with Crippen molar-refractivity contribution in [1.29, 1.82) is 0 Å². The fraction of sp³-hybridized carbons (Fsp3) is 0.929. The summed E-state index contributed by atoms with van der Waals surface area (Å²) in [6.45, 7) is 19.6. The predicted octanol–water partition coefficient (Wildman–Crippen LogP) is 8.27. The maximum atomic E-state index is 13.5. The second-order valence-electron chi connectivity index (χ2n) is 11.6. The van der Waals surface area contributed by atoms with Crippen molar-refractivity contribution in [3.05, 3.63) is 0 Å². The van der Waals surface area contributed by atoms with Gasteiger partial charge in [0.2, 0.25) is 0 Å². The van der Waals surface area contributed by atoms with Gasteiger partial charge in [0.15, 0.2) is 0 Å². The van der Waals surface area contributed by atoms with E-state index in [1.807, 2.05) is 0 Å². The molecule has 0 saturated carbocycles. The molecule has 0 radical (unpaired) electrons. The van der Waals surface area contributed by atoms with Gasteiger partial charge in [-0.15, -0.1) is 0 Å². The number of unbranched alkanes of at least 4 members (excludes halogenated alkanes) is 4. The lowest BCUT2D eigenvalue weighted by Gasteiger charge is -2.44. The van der Waals surface area contributed by atoms with Crippen molar-refractivity contribution >= 4 is 11.9 Å². The van der Waals surface area contributed by atoms with Gasteiger partial charge in [-0.1, -0.05) is 88.0 Å². The summed E-state index contributed by atoms with van der Waals surface area (Å²) in [5, 5.41) is 9.50. The molecule has 0 rings (SSSR count). The predicted molar refractivity (Wildman–Crippen MR) is 135 cm³/mol. The summed E-state index contributed by atoms with van der Waals surface area (Å²) in [7, 11) is 0. The smallest absolute Gasteiger partial charge is 0.310 e. The Hall–Kier alpha value is -1.06. The fourth-order valence-electron chi connectivity index (χ4n) is 5.29. The molecule has 4 heteroatoms. The molecule has 0 saturated heterocycles. The molecule has 0 aromatic carbocycles. The van der Waals surface area contributed by atoms with E-state index in [1.165, 1.54) is 19.3 Å². The molecule has 0 amide bonds. The molecule has 0 aliphatic rings. The quantitative estimate of drug-likeness (QED) is 0.177. The molecule has 0 fully saturated rings. The largest absolute Gasteiger partial charge is 0.481 e. The summed E-state index contributed by atoms with van der Waals surface area (Å²) < 4.78 is 6.44. The van der Waals surface area contributed by atoms with Crippen LogP contribution in [0.2, 0.25) is 0 Å². The first-order valence-electron chi connectivity index (χ1n) is 13.3. The summed E-state index contributed by atoms with van der Waals surface area (Å²) in [6.07, 6.45) is 9.98. The monoisotopic (exact) mass is 454 g/mol. The molecule has 32 heavy (non-hydrogen) atoms. The van der Waals surface area contributed by atoms with Gasteiger partial charge in [0.1, 0.15) is 5.60 Å². The number of carboxylic acids is 1. The van der Waals surface area contributed by atoms with E-state index in [0.717, 1.165) is 38.5 Å².